The van der Waals surface area contributed by atoms with Gasteiger partial charge in [-0.1, -0.05) is 34.8 Å². The minimum atomic E-state index is -0.407. The minimum absolute atomic E-state index is 0.312. The first kappa shape index (κ1) is 17.5. The monoisotopic (exact) mass is 408 g/mol. The van der Waals surface area contributed by atoms with Gasteiger partial charge >= 0.3 is 0 Å². The molecule has 0 aliphatic carbocycles. The molecule has 0 amide bonds. The van der Waals surface area contributed by atoms with Gasteiger partial charge in [0.1, 0.15) is 18.7 Å². The Balaban J connectivity index is 2.31. The number of fused-ring (bicyclic) bond motifs is 2. The van der Waals surface area contributed by atoms with Crippen LogP contribution in [0.15, 0.2) is 48.5 Å². The van der Waals surface area contributed by atoms with Gasteiger partial charge in [-0.15, -0.1) is 0 Å². The van der Waals surface area contributed by atoms with Crippen molar-refractivity contribution in [3.63, 3.8) is 0 Å². The van der Waals surface area contributed by atoms with Gasteiger partial charge in [0.05, 0.1) is 20.8 Å². The number of hydrogen-bond acceptors (Lipinski definition) is 0. The third kappa shape index (κ3) is 2.71. The molecule has 6 heteroatoms. The maximum absolute atomic E-state index is 14.0. The van der Waals surface area contributed by atoms with Crippen molar-refractivity contribution in [3.05, 3.63) is 75.2 Å². The molecule has 26 heavy (non-hydrogen) atoms. The molecule has 0 aliphatic heterocycles. The van der Waals surface area contributed by atoms with Crippen molar-refractivity contribution in [1.29, 1.82) is 0 Å². The lowest BCUT2D eigenvalue weighted by Crippen LogP contribution is -2.30. The predicted octanol–water partition coefficient (Wildman–Crippen LogP) is 6.72. The largest absolute Gasteiger partial charge is 0.213 e. The fourth-order valence-electron chi connectivity index (χ4n) is 3.33. The lowest BCUT2D eigenvalue weighted by molar-refractivity contribution is -0.617. The van der Waals surface area contributed by atoms with Crippen molar-refractivity contribution in [2.45, 2.75) is 0 Å². The molecule has 0 atom stereocenters. The molecule has 0 unspecified atom stereocenters. The molecular weight excluding hydrogens is 399 g/mol. The highest BCUT2D eigenvalue weighted by Gasteiger charge is 2.23. The van der Waals surface area contributed by atoms with E-state index in [1.54, 1.807) is 24.3 Å². The van der Waals surface area contributed by atoms with E-state index in [4.69, 9.17) is 34.8 Å². The smallest absolute Gasteiger partial charge is 0.207 e. The fourth-order valence-corrected chi connectivity index (χ4v) is 4.33. The van der Waals surface area contributed by atoms with E-state index in [1.807, 2.05) is 11.6 Å². The summed E-state index contributed by atoms with van der Waals surface area (Å²) in [5.74, 6) is -0.813. The zero-order chi connectivity index (χ0) is 18.6. The van der Waals surface area contributed by atoms with Gasteiger partial charge in [0.25, 0.3) is 0 Å². The number of rotatable bonds is 1. The van der Waals surface area contributed by atoms with Gasteiger partial charge in [0, 0.05) is 28.3 Å². The zero-order valence-electron chi connectivity index (χ0n) is 13.5. The van der Waals surface area contributed by atoms with E-state index in [0.717, 1.165) is 11.0 Å². The molecule has 130 valence electrons. The number of nitrogens with zero attached hydrogens (tertiary/aromatic N) is 1. The summed E-state index contributed by atoms with van der Waals surface area (Å²) in [6, 6.07) is 12.0. The summed E-state index contributed by atoms with van der Waals surface area (Å²) in [4.78, 5) is 0. The summed E-state index contributed by atoms with van der Waals surface area (Å²) < 4.78 is 30.0. The highest BCUT2D eigenvalue weighted by atomic mass is 35.5. The van der Waals surface area contributed by atoms with E-state index in [0.29, 0.717) is 37.0 Å². The second kappa shape index (κ2) is 6.34. The van der Waals surface area contributed by atoms with Gasteiger partial charge in [0.15, 0.2) is 0 Å². The van der Waals surface area contributed by atoms with Gasteiger partial charge in [-0.25, -0.2) is 8.78 Å². The Labute approximate surface area is 163 Å². The molecule has 0 spiro atoms. The molecule has 1 heterocycles. The van der Waals surface area contributed by atoms with Crippen LogP contribution in [0.1, 0.15) is 0 Å². The Bertz CT molecular complexity index is 1120. The third-order valence-electron chi connectivity index (χ3n) is 4.44. The van der Waals surface area contributed by atoms with Gasteiger partial charge in [-0.2, -0.15) is 4.57 Å². The Morgan fingerprint density at radius 1 is 0.692 bits per heavy atom. The van der Waals surface area contributed by atoms with Crippen LogP contribution in [0.5, 0.6) is 0 Å². The molecule has 3 aromatic carbocycles. The highest BCUT2D eigenvalue weighted by molar-refractivity contribution is 6.42. The Hall–Kier alpha value is -1.94. The maximum Gasteiger partial charge on any atom is 0.213 e. The molecule has 1 aromatic heterocycles. The second-order valence-corrected chi connectivity index (χ2v) is 7.25. The van der Waals surface area contributed by atoms with E-state index < -0.39 is 11.6 Å². The maximum atomic E-state index is 14.0. The molecule has 0 fully saturated rings. The van der Waals surface area contributed by atoms with Gasteiger partial charge in [-0.05, 0) is 36.4 Å². The Morgan fingerprint density at radius 3 is 1.62 bits per heavy atom. The summed E-state index contributed by atoms with van der Waals surface area (Å²) >= 11 is 18.9. The second-order valence-electron chi connectivity index (χ2n) is 6.00. The van der Waals surface area contributed by atoms with Crippen LogP contribution in [0.4, 0.5) is 8.78 Å². The van der Waals surface area contributed by atoms with E-state index >= 15 is 0 Å². The molecule has 0 radical (unpaired) electrons. The molecule has 4 aromatic rings. The van der Waals surface area contributed by atoms with Crippen molar-refractivity contribution >= 4 is 56.6 Å². The minimum Gasteiger partial charge on any atom is -0.207 e. The number of aryl methyl sites for hydroxylation is 1. The molecule has 1 nitrogen and oxygen atoms in total. The highest BCUT2D eigenvalue weighted by Crippen LogP contribution is 2.43. The third-order valence-corrected chi connectivity index (χ3v) is 5.25. The first-order valence-electron chi connectivity index (χ1n) is 7.72. The van der Waals surface area contributed by atoms with Crippen LogP contribution in [0.3, 0.4) is 0 Å². The standard InChI is InChI=1S/C20H11Cl3F2N/c1-26-17-4-2-11(24)8-13(17)19(14-9-12(25)3-5-18(14)26)20-15(22)6-10(21)7-16(20)23/h2-9H,1H3/q+1. The molecular formula is C20H11Cl3F2N+. The average molecular weight is 410 g/mol. The van der Waals surface area contributed by atoms with Gasteiger partial charge in [0.2, 0.25) is 11.0 Å². The summed E-state index contributed by atoms with van der Waals surface area (Å²) in [5, 5.41) is 2.17. The van der Waals surface area contributed by atoms with Gasteiger partial charge in [-0.3, -0.25) is 0 Å². The first-order valence-corrected chi connectivity index (χ1v) is 8.85. The normalized spacial score (nSPS) is 11.5. The van der Waals surface area contributed by atoms with Crippen LogP contribution in [0, 0.1) is 11.6 Å². The van der Waals surface area contributed by atoms with Crippen molar-refractivity contribution in [2.75, 3.05) is 0 Å². The van der Waals surface area contributed by atoms with Crippen molar-refractivity contribution in [1.82, 2.24) is 0 Å². The Morgan fingerprint density at radius 2 is 1.15 bits per heavy atom. The lowest BCUT2D eigenvalue weighted by Gasteiger charge is -2.14. The molecule has 0 aliphatic rings. The van der Waals surface area contributed by atoms with Crippen LogP contribution in [0.2, 0.25) is 15.1 Å². The molecule has 0 bridgehead atoms. The Kier molecular flexibility index (Phi) is 4.26. The molecule has 0 N–H and O–H groups in total. The van der Waals surface area contributed by atoms with E-state index in [2.05, 4.69) is 0 Å². The number of pyridine rings is 1. The quantitative estimate of drug-likeness (QED) is 0.243. The first-order chi connectivity index (χ1) is 12.4. The number of benzene rings is 3. The van der Waals surface area contributed by atoms with Crippen LogP contribution >= 0.6 is 34.8 Å². The number of halogens is 5. The number of hydrogen-bond donors (Lipinski definition) is 0. The summed E-state index contributed by atoms with van der Waals surface area (Å²) in [6.45, 7) is 0. The van der Waals surface area contributed by atoms with E-state index in [1.165, 1.54) is 24.3 Å². The SMILES string of the molecule is C[n+]1c2ccc(F)cc2c(-c2c(Cl)cc(Cl)cc2Cl)c2cc(F)ccc21. The molecule has 0 saturated carbocycles. The van der Waals surface area contributed by atoms with Crippen LogP contribution in [0.25, 0.3) is 32.9 Å². The predicted molar refractivity (Wildman–Crippen MR) is 103 cm³/mol. The van der Waals surface area contributed by atoms with Crippen LogP contribution in [-0.2, 0) is 7.05 Å². The van der Waals surface area contributed by atoms with E-state index in [-0.39, 0.29) is 0 Å². The average Bonchev–Trinajstić information content (AvgIpc) is 2.56. The fraction of sp³-hybridized carbons (Fsp3) is 0.0500. The summed E-state index contributed by atoms with van der Waals surface area (Å²) in [6.07, 6.45) is 0. The van der Waals surface area contributed by atoms with Gasteiger partial charge < -0.3 is 0 Å². The van der Waals surface area contributed by atoms with Crippen LogP contribution in [-0.4, -0.2) is 0 Å². The van der Waals surface area contributed by atoms with Crippen molar-refractivity contribution in [3.8, 4) is 11.1 Å². The number of aromatic nitrogens is 1. The topological polar surface area (TPSA) is 3.88 Å². The summed E-state index contributed by atoms with van der Waals surface area (Å²) in [7, 11) is 1.84. The van der Waals surface area contributed by atoms with Crippen molar-refractivity contribution < 1.29 is 13.3 Å². The molecule has 4 rings (SSSR count). The summed E-state index contributed by atoms with van der Waals surface area (Å²) in [5.41, 5.74) is 2.59. The lowest BCUT2D eigenvalue weighted by atomic mass is 9.95. The molecule has 0 saturated heterocycles. The van der Waals surface area contributed by atoms with Crippen LogP contribution < -0.4 is 4.57 Å². The van der Waals surface area contributed by atoms with Crippen molar-refractivity contribution in [2.24, 2.45) is 7.05 Å². The zero-order valence-corrected chi connectivity index (χ0v) is 15.7. The van der Waals surface area contributed by atoms with E-state index in [9.17, 15) is 8.78 Å².